The van der Waals surface area contributed by atoms with Crippen LogP contribution in [0.3, 0.4) is 0 Å². The molecule has 0 bridgehead atoms. The number of benzene rings is 1. The number of esters is 5. The molecule has 1 aliphatic carbocycles. The zero-order valence-electron chi connectivity index (χ0n) is 22.3. The Bertz CT molecular complexity index is 1100. The summed E-state index contributed by atoms with van der Waals surface area (Å²) < 4.78 is 38.7. The summed E-state index contributed by atoms with van der Waals surface area (Å²) in [7, 11) is 1.35. The van der Waals surface area contributed by atoms with E-state index in [2.05, 4.69) is 5.16 Å². The molecule has 2 rings (SSSR count). The molecule has 0 radical (unpaired) electrons. The highest BCUT2D eigenvalue weighted by molar-refractivity contribution is 5.80. The molecule has 1 aromatic carbocycles. The van der Waals surface area contributed by atoms with Crippen LogP contribution in [-0.2, 0) is 47.7 Å². The first kappa shape index (κ1) is 30.9. The highest BCUT2D eigenvalue weighted by Gasteiger charge is 2.59. The Balaban J connectivity index is 2.76. The number of carbonyl (C=O) groups excluding carboxylic acids is 5. The molecule has 6 atom stereocenters. The van der Waals surface area contributed by atoms with E-state index in [0.29, 0.717) is 5.56 Å². The summed E-state index contributed by atoms with van der Waals surface area (Å²) in [5, 5.41) is 11.8. The minimum atomic E-state index is -1.50. The van der Waals surface area contributed by atoms with E-state index in [4.69, 9.17) is 38.4 Å². The first-order chi connectivity index (χ1) is 18.4. The van der Waals surface area contributed by atoms with Crippen molar-refractivity contribution in [3.8, 4) is 11.5 Å². The maximum atomic E-state index is 12.2. The normalized spacial score (nSPS) is 24.3. The van der Waals surface area contributed by atoms with Crippen molar-refractivity contribution in [2.75, 3.05) is 13.7 Å². The highest BCUT2D eigenvalue weighted by atomic mass is 16.6. The Labute approximate surface area is 224 Å². The average molecular weight is 554 g/mol. The van der Waals surface area contributed by atoms with Crippen LogP contribution in [0.5, 0.6) is 11.5 Å². The average Bonchev–Trinajstić information content (AvgIpc) is 2.82. The van der Waals surface area contributed by atoms with E-state index in [9.17, 15) is 24.0 Å². The topological polar surface area (TPSA) is 183 Å². The van der Waals surface area contributed by atoms with Crippen LogP contribution in [0.1, 0.15) is 40.2 Å². The fraction of sp³-hybridized carbons (Fsp3) is 0.520. The fourth-order valence-corrected chi connectivity index (χ4v) is 4.19. The molecule has 1 saturated carbocycles. The number of ether oxygens (including phenoxy) is 7. The Hall–Kier alpha value is -4.36. The van der Waals surface area contributed by atoms with Crippen LogP contribution >= 0.6 is 0 Å². The van der Waals surface area contributed by atoms with Crippen LogP contribution in [-0.4, -0.2) is 85.5 Å². The molecular weight excluding hydrogens is 522 g/mol. The minimum absolute atomic E-state index is 0.0941. The molecule has 0 saturated heterocycles. The van der Waals surface area contributed by atoms with Gasteiger partial charge in [-0.25, -0.2) is 0 Å². The Morgan fingerprint density at radius 1 is 0.744 bits per heavy atom. The molecule has 14 heteroatoms. The summed E-state index contributed by atoms with van der Waals surface area (Å²) in [6, 6.07) is 4.47. The second-order valence-corrected chi connectivity index (χ2v) is 8.50. The molecule has 1 aliphatic rings. The number of nitrogens with zero attached hydrogens (tertiary/aromatic N) is 1. The zero-order chi connectivity index (χ0) is 29.3. The molecule has 0 spiro atoms. The number of methoxy groups -OCH3 is 1. The van der Waals surface area contributed by atoms with Crippen molar-refractivity contribution in [2.24, 2.45) is 11.1 Å². The van der Waals surface area contributed by atoms with Gasteiger partial charge >= 0.3 is 29.8 Å². The van der Waals surface area contributed by atoms with Crippen molar-refractivity contribution in [2.45, 2.75) is 65.1 Å². The van der Waals surface area contributed by atoms with E-state index in [1.165, 1.54) is 25.3 Å². The smallest absolute Gasteiger partial charge is 0.303 e. The van der Waals surface area contributed by atoms with E-state index in [1.807, 2.05) is 0 Å². The maximum Gasteiger partial charge on any atom is 0.303 e. The quantitative estimate of drug-likeness (QED) is 0.143. The van der Waals surface area contributed by atoms with E-state index >= 15 is 0 Å². The van der Waals surface area contributed by atoms with Gasteiger partial charge < -0.3 is 38.4 Å². The van der Waals surface area contributed by atoms with E-state index in [0.717, 1.165) is 40.8 Å². The van der Waals surface area contributed by atoms with Crippen LogP contribution in [0.2, 0.25) is 0 Å². The van der Waals surface area contributed by atoms with E-state index in [-0.39, 0.29) is 11.5 Å². The number of hydrogen-bond donors (Lipinski definition) is 1. The largest absolute Gasteiger partial charge is 0.493 e. The van der Waals surface area contributed by atoms with Crippen LogP contribution in [0.4, 0.5) is 0 Å². The highest BCUT2D eigenvalue weighted by Crippen LogP contribution is 2.39. The van der Waals surface area contributed by atoms with Gasteiger partial charge in [0.05, 0.1) is 19.2 Å². The predicted octanol–water partition coefficient (Wildman–Crippen LogP) is 1.17. The van der Waals surface area contributed by atoms with E-state index < -0.39 is 72.9 Å². The Morgan fingerprint density at radius 2 is 1.23 bits per heavy atom. The molecule has 6 unspecified atom stereocenters. The summed E-state index contributed by atoms with van der Waals surface area (Å²) in [4.78, 5) is 60.2. The Morgan fingerprint density at radius 3 is 1.69 bits per heavy atom. The summed E-state index contributed by atoms with van der Waals surface area (Å²) in [5.74, 6) is -4.76. The second-order valence-electron chi connectivity index (χ2n) is 8.50. The van der Waals surface area contributed by atoms with Gasteiger partial charge in [-0.3, -0.25) is 24.0 Å². The van der Waals surface area contributed by atoms with Crippen molar-refractivity contribution in [1.29, 1.82) is 0 Å². The molecule has 214 valence electrons. The molecule has 0 aromatic heterocycles. The summed E-state index contributed by atoms with van der Waals surface area (Å²) in [6.07, 6.45) is -5.93. The predicted molar refractivity (Wildman–Crippen MR) is 129 cm³/mol. The third-order valence-corrected chi connectivity index (χ3v) is 5.48. The van der Waals surface area contributed by atoms with Gasteiger partial charge in [0, 0.05) is 40.2 Å². The monoisotopic (exact) mass is 553 g/mol. The van der Waals surface area contributed by atoms with Gasteiger partial charge in [0.25, 0.3) is 0 Å². The number of oxime groups is 1. The summed E-state index contributed by atoms with van der Waals surface area (Å²) >= 11 is 0. The van der Waals surface area contributed by atoms with Crippen LogP contribution < -0.4 is 9.47 Å². The molecular formula is C25H31NO13. The van der Waals surface area contributed by atoms with Gasteiger partial charge in [-0.05, 0) is 18.2 Å². The van der Waals surface area contributed by atoms with Gasteiger partial charge in [0.1, 0.15) is 12.7 Å². The fourth-order valence-electron chi connectivity index (χ4n) is 4.19. The summed E-state index contributed by atoms with van der Waals surface area (Å²) in [6.45, 7) is 5.10. The molecule has 14 nitrogen and oxygen atoms in total. The SMILES string of the molecule is COc1cc(/C=N/O)ccc1OC1C(COC(C)=O)C(OC(C)=O)C(OC(C)=O)C(OC(C)=O)C1OC(C)=O. The lowest BCUT2D eigenvalue weighted by Crippen LogP contribution is -2.67. The molecule has 0 amide bonds. The number of hydrogen-bond acceptors (Lipinski definition) is 14. The van der Waals surface area contributed by atoms with Crippen LogP contribution in [0.15, 0.2) is 23.4 Å². The molecule has 1 N–H and O–H groups in total. The molecule has 1 aromatic rings. The lowest BCUT2D eigenvalue weighted by molar-refractivity contribution is -0.241. The number of rotatable bonds is 10. The van der Waals surface area contributed by atoms with Gasteiger partial charge in [0.2, 0.25) is 0 Å². The summed E-state index contributed by atoms with van der Waals surface area (Å²) in [5.41, 5.74) is 0.448. The molecule has 0 aliphatic heterocycles. The lowest BCUT2D eigenvalue weighted by atomic mass is 9.77. The van der Waals surface area contributed by atoms with Crippen molar-refractivity contribution >= 4 is 36.1 Å². The second kappa shape index (κ2) is 14.0. The third-order valence-electron chi connectivity index (χ3n) is 5.48. The first-order valence-electron chi connectivity index (χ1n) is 11.7. The van der Waals surface area contributed by atoms with Crippen LogP contribution in [0, 0.1) is 5.92 Å². The minimum Gasteiger partial charge on any atom is -0.493 e. The zero-order valence-corrected chi connectivity index (χ0v) is 22.3. The first-order valence-corrected chi connectivity index (χ1v) is 11.7. The van der Waals surface area contributed by atoms with Gasteiger partial charge in [-0.15, -0.1) is 0 Å². The van der Waals surface area contributed by atoms with E-state index in [1.54, 1.807) is 0 Å². The maximum absolute atomic E-state index is 12.2. The van der Waals surface area contributed by atoms with Gasteiger partial charge in [-0.1, -0.05) is 5.16 Å². The van der Waals surface area contributed by atoms with Crippen molar-refractivity contribution in [1.82, 2.24) is 0 Å². The van der Waals surface area contributed by atoms with Crippen molar-refractivity contribution < 1.29 is 62.3 Å². The van der Waals surface area contributed by atoms with Gasteiger partial charge in [-0.2, -0.15) is 0 Å². The van der Waals surface area contributed by atoms with Crippen molar-refractivity contribution in [3.63, 3.8) is 0 Å². The molecule has 0 heterocycles. The standard InChI is InChI=1S/C25H31NO13/c1-12(27)34-11-18-21(35-13(2)28)23(36-14(3)29)25(38-16(5)31)24(37-15(4)30)22(18)39-19-8-7-17(10-26-32)9-20(19)33-6/h7-10,18,21-25,32H,11H2,1-6H3/b26-10+. The number of carbonyl (C=O) groups is 5. The lowest BCUT2D eigenvalue weighted by Gasteiger charge is -2.47. The molecule has 39 heavy (non-hydrogen) atoms. The molecule has 1 fully saturated rings. The van der Waals surface area contributed by atoms with Gasteiger partial charge in [0.15, 0.2) is 35.9 Å². The van der Waals surface area contributed by atoms with Crippen molar-refractivity contribution in [3.05, 3.63) is 23.8 Å². The third kappa shape index (κ3) is 8.58. The Kier molecular flexibility index (Phi) is 11.1. The van der Waals surface area contributed by atoms with Crippen LogP contribution in [0.25, 0.3) is 0 Å².